The van der Waals surface area contributed by atoms with Gasteiger partial charge in [-0.2, -0.15) is 0 Å². The minimum absolute atomic E-state index is 0.354. The van der Waals surface area contributed by atoms with Crippen molar-refractivity contribution >= 4 is 11.9 Å². The van der Waals surface area contributed by atoms with E-state index in [0.29, 0.717) is 36.1 Å². The van der Waals surface area contributed by atoms with Gasteiger partial charge in [0.05, 0.1) is 17.0 Å². The number of ether oxygens (including phenoxy) is 2. The molecule has 0 amide bonds. The standard InChI is InChI=1S/C27H26N4O3/c1-3-33-27(2)14-11-20(12-15-27)24(18-25(32)34-22-9-5-4-6-10-22)31-26-29-17-13-23(30-26)21-8-7-16-28-19-21/h4-14,16-19H,3,15H2,1-2H3,(H,29,30,31)/b24-18+. The van der Waals surface area contributed by atoms with Crippen LogP contribution in [-0.4, -0.2) is 33.1 Å². The molecule has 1 aliphatic carbocycles. The maximum absolute atomic E-state index is 12.7. The Hall–Kier alpha value is -4.10. The molecule has 4 rings (SSSR count). The molecule has 2 aromatic heterocycles. The number of allylic oxidation sites excluding steroid dienone is 1. The fourth-order valence-corrected chi connectivity index (χ4v) is 3.51. The zero-order chi connectivity index (χ0) is 23.8. The molecule has 0 radical (unpaired) electrons. The van der Waals surface area contributed by atoms with Crippen LogP contribution < -0.4 is 10.1 Å². The van der Waals surface area contributed by atoms with E-state index in [-0.39, 0.29) is 5.60 Å². The van der Waals surface area contributed by atoms with Gasteiger partial charge in [-0.25, -0.2) is 14.8 Å². The molecule has 0 fully saturated rings. The molecule has 3 aromatic rings. The third-order valence-electron chi connectivity index (χ3n) is 5.21. The number of carbonyl (C=O) groups excluding carboxylic acids is 1. The minimum atomic E-state index is -0.510. The summed E-state index contributed by atoms with van der Waals surface area (Å²) in [4.78, 5) is 25.8. The van der Waals surface area contributed by atoms with E-state index in [4.69, 9.17) is 9.47 Å². The van der Waals surface area contributed by atoms with Gasteiger partial charge in [-0.15, -0.1) is 0 Å². The average molecular weight is 455 g/mol. The number of rotatable bonds is 8. The van der Waals surface area contributed by atoms with Crippen molar-refractivity contribution < 1.29 is 14.3 Å². The lowest BCUT2D eigenvalue weighted by atomic mass is 9.92. The van der Waals surface area contributed by atoms with Crippen molar-refractivity contribution in [1.29, 1.82) is 0 Å². The van der Waals surface area contributed by atoms with Gasteiger partial charge in [0.25, 0.3) is 0 Å². The summed E-state index contributed by atoms with van der Waals surface area (Å²) in [5.41, 5.74) is 2.54. The topological polar surface area (TPSA) is 86.2 Å². The van der Waals surface area contributed by atoms with E-state index >= 15 is 0 Å². The van der Waals surface area contributed by atoms with Crippen LogP contribution in [0.4, 0.5) is 5.95 Å². The molecule has 0 saturated heterocycles. The molecule has 0 bridgehead atoms. The van der Waals surface area contributed by atoms with Crippen LogP contribution in [0.2, 0.25) is 0 Å². The quantitative estimate of drug-likeness (QED) is 0.287. The molecule has 1 atom stereocenters. The van der Waals surface area contributed by atoms with Crippen LogP contribution in [0.3, 0.4) is 0 Å². The first-order valence-electron chi connectivity index (χ1n) is 11.1. The summed E-state index contributed by atoms with van der Waals surface area (Å²) in [6.45, 7) is 4.61. The molecule has 172 valence electrons. The second kappa shape index (κ2) is 10.7. The van der Waals surface area contributed by atoms with Crippen LogP contribution in [0.15, 0.2) is 103 Å². The molecule has 34 heavy (non-hydrogen) atoms. The highest BCUT2D eigenvalue weighted by Gasteiger charge is 2.24. The van der Waals surface area contributed by atoms with E-state index in [0.717, 1.165) is 11.1 Å². The summed E-state index contributed by atoms with van der Waals surface area (Å²) >= 11 is 0. The van der Waals surface area contributed by atoms with Crippen molar-refractivity contribution in [2.45, 2.75) is 25.9 Å². The molecular weight excluding hydrogens is 428 g/mol. The van der Waals surface area contributed by atoms with Gasteiger partial charge >= 0.3 is 5.97 Å². The van der Waals surface area contributed by atoms with Crippen LogP contribution in [0.1, 0.15) is 20.3 Å². The van der Waals surface area contributed by atoms with Gasteiger partial charge in [-0.1, -0.05) is 36.4 Å². The Bertz CT molecular complexity index is 1220. The van der Waals surface area contributed by atoms with Crippen LogP contribution >= 0.6 is 0 Å². The minimum Gasteiger partial charge on any atom is -0.423 e. The van der Waals surface area contributed by atoms with Crippen LogP contribution in [0, 0.1) is 0 Å². The predicted octanol–water partition coefficient (Wildman–Crippen LogP) is 5.12. The first-order chi connectivity index (χ1) is 16.5. The van der Waals surface area contributed by atoms with Crippen molar-refractivity contribution in [3.8, 4) is 17.0 Å². The Balaban J connectivity index is 1.61. The number of nitrogens with zero attached hydrogens (tertiary/aromatic N) is 3. The van der Waals surface area contributed by atoms with Crippen LogP contribution in [-0.2, 0) is 9.53 Å². The van der Waals surface area contributed by atoms with Crippen molar-refractivity contribution in [2.75, 3.05) is 11.9 Å². The molecule has 7 nitrogen and oxygen atoms in total. The Kier molecular flexibility index (Phi) is 7.25. The number of para-hydroxylation sites is 1. The first-order valence-corrected chi connectivity index (χ1v) is 11.1. The molecule has 1 unspecified atom stereocenters. The van der Waals surface area contributed by atoms with E-state index in [1.807, 2.05) is 68.5 Å². The summed E-state index contributed by atoms with van der Waals surface area (Å²) in [7, 11) is 0. The highest BCUT2D eigenvalue weighted by atomic mass is 16.5. The van der Waals surface area contributed by atoms with E-state index in [9.17, 15) is 4.79 Å². The molecule has 0 aliphatic heterocycles. The van der Waals surface area contributed by atoms with E-state index in [1.165, 1.54) is 6.08 Å². The Morgan fingerprint density at radius 2 is 2.00 bits per heavy atom. The summed E-state index contributed by atoms with van der Waals surface area (Å²) in [6.07, 6.45) is 13.1. The van der Waals surface area contributed by atoms with Gasteiger partial charge in [0.1, 0.15) is 5.75 Å². The van der Waals surface area contributed by atoms with Crippen molar-refractivity contribution in [3.63, 3.8) is 0 Å². The number of carbonyl (C=O) groups is 1. The van der Waals surface area contributed by atoms with Crippen molar-refractivity contribution in [3.05, 3.63) is 103 Å². The summed E-state index contributed by atoms with van der Waals surface area (Å²) in [5.74, 6) is 0.312. The summed E-state index contributed by atoms with van der Waals surface area (Å²) < 4.78 is 11.3. The fourth-order valence-electron chi connectivity index (χ4n) is 3.51. The number of aromatic nitrogens is 3. The number of nitrogens with one attached hydrogen (secondary N) is 1. The fraction of sp³-hybridized carbons (Fsp3) is 0.185. The molecule has 0 saturated carbocycles. The Morgan fingerprint density at radius 3 is 2.71 bits per heavy atom. The Morgan fingerprint density at radius 1 is 1.15 bits per heavy atom. The number of benzene rings is 1. The van der Waals surface area contributed by atoms with Gasteiger partial charge in [0.15, 0.2) is 0 Å². The molecule has 1 aromatic carbocycles. The highest BCUT2D eigenvalue weighted by molar-refractivity contribution is 5.86. The largest absolute Gasteiger partial charge is 0.423 e. The third kappa shape index (κ3) is 6.02. The molecule has 1 N–H and O–H groups in total. The molecule has 7 heteroatoms. The second-order valence-corrected chi connectivity index (χ2v) is 7.87. The van der Waals surface area contributed by atoms with E-state index in [2.05, 4.69) is 20.3 Å². The molecular formula is C27H26N4O3. The molecule has 1 aliphatic rings. The Labute approximate surface area is 198 Å². The highest BCUT2D eigenvalue weighted by Crippen LogP contribution is 2.28. The maximum atomic E-state index is 12.7. The lowest BCUT2D eigenvalue weighted by molar-refractivity contribution is -0.129. The predicted molar refractivity (Wildman–Crippen MR) is 131 cm³/mol. The maximum Gasteiger partial charge on any atom is 0.338 e. The van der Waals surface area contributed by atoms with Crippen molar-refractivity contribution in [1.82, 2.24) is 15.0 Å². The van der Waals surface area contributed by atoms with Gasteiger partial charge in [-0.05, 0) is 56.2 Å². The van der Waals surface area contributed by atoms with Gasteiger partial charge in [0.2, 0.25) is 5.95 Å². The number of pyridine rings is 1. The first kappa shape index (κ1) is 23.1. The number of esters is 1. The van der Waals surface area contributed by atoms with Gasteiger partial charge < -0.3 is 14.8 Å². The lowest BCUT2D eigenvalue weighted by Crippen LogP contribution is -2.27. The second-order valence-electron chi connectivity index (χ2n) is 7.87. The zero-order valence-corrected chi connectivity index (χ0v) is 19.1. The van der Waals surface area contributed by atoms with E-state index < -0.39 is 5.97 Å². The summed E-state index contributed by atoms with van der Waals surface area (Å²) in [5, 5.41) is 3.19. The number of anilines is 1. The van der Waals surface area contributed by atoms with Gasteiger partial charge in [-0.3, -0.25) is 4.98 Å². The van der Waals surface area contributed by atoms with E-state index in [1.54, 1.807) is 30.7 Å². The smallest absolute Gasteiger partial charge is 0.338 e. The monoisotopic (exact) mass is 454 g/mol. The average Bonchev–Trinajstić information content (AvgIpc) is 2.85. The van der Waals surface area contributed by atoms with Crippen LogP contribution in [0.5, 0.6) is 5.75 Å². The summed E-state index contributed by atoms with van der Waals surface area (Å²) in [6, 6.07) is 14.5. The number of hydrogen-bond acceptors (Lipinski definition) is 7. The molecule has 2 heterocycles. The van der Waals surface area contributed by atoms with Gasteiger partial charge in [0, 0.05) is 36.8 Å². The normalized spacial score (nSPS) is 17.7. The SMILES string of the molecule is CCOC1(C)C=CC(/C(=C\C(=O)Oc2ccccc2)Nc2nccc(-c3cccnc3)n2)=CC1. The lowest BCUT2D eigenvalue weighted by Gasteiger charge is -2.28. The molecule has 0 spiro atoms. The number of hydrogen-bond donors (Lipinski definition) is 1. The van der Waals surface area contributed by atoms with Crippen molar-refractivity contribution in [2.24, 2.45) is 0 Å². The third-order valence-corrected chi connectivity index (χ3v) is 5.21. The van der Waals surface area contributed by atoms with Crippen LogP contribution in [0.25, 0.3) is 11.3 Å². The zero-order valence-electron chi connectivity index (χ0n) is 19.1.